The fourth-order valence-corrected chi connectivity index (χ4v) is 6.18. The van der Waals surface area contributed by atoms with Crippen LogP contribution in [0.5, 0.6) is 11.5 Å². The van der Waals surface area contributed by atoms with Gasteiger partial charge in [-0.1, -0.05) is 6.07 Å². The number of phenols is 1. The van der Waals surface area contributed by atoms with Crippen molar-refractivity contribution in [3.8, 4) is 11.5 Å². The van der Waals surface area contributed by atoms with Crippen LogP contribution in [0, 0.1) is 13.8 Å². The van der Waals surface area contributed by atoms with Gasteiger partial charge in [-0.25, -0.2) is 0 Å². The Labute approximate surface area is 201 Å². The Morgan fingerprint density at radius 1 is 1.12 bits per heavy atom. The summed E-state index contributed by atoms with van der Waals surface area (Å²) < 4.78 is 10.8. The SMILES string of the molecule is COC1=C(C)C(=O)C2=C(C1=O)C(CN)N1CC(C)N(C)[C@H](c3c(C)cc(C)c(OC)c3O)C1C2. The summed E-state index contributed by atoms with van der Waals surface area (Å²) in [5.41, 5.74) is 10.2. The second kappa shape index (κ2) is 8.83. The van der Waals surface area contributed by atoms with Gasteiger partial charge in [0.05, 0.1) is 26.3 Å². The molecule has 8 heteroatoms. The molecule has 0 saturated carbocycles. The summed E-state index contributed by atoms with van der Waals surface area (Å²) in [5.74, 6) is 0.280. The first kappa shape index (κ1) is 24.4. The number of likely N-dealkylation sites (N-methyl/N-ethyl adjacent to an activating group) is 1. The molecular weight excluding hydrogens is 434 g/mol. The number of piperazine rings is 1. The topological polar surface area (TPSA) is 105 Å². The number of aromatic hydroxyl groups is 1. The van der Waals surface area contributed by atoms with Gasteiger partial charge in [0.1, 0.15) is 0 Å². The molecule has 0 aromatic heterocycles. The third kappa shape index (κ3) is 3.39. The number of ketones is 2. The maximum atomic E-state index is 13.4. The van der Waals surface area contributed by atoms with Crippen LogP contribution in [-0.4, -0.2) is 79.0 Å². The van der Waals surface area contributed by atoms with Gasteiger partial charge >= 0.3 is 0 Å². The van der Waals surface area contributed by atoms with Crippen LogP contribution in [0.3, 0.4) is 0 Å². The number of hydrogen-bond acceptors (Lipinski definition) is 8. The van der Waals surface area contributed by atoms with Crippen molar-refractivity contribution in [1.29, 1.82) is 0 Å². The van der Waals surface area contributed by atoms with Crippen molar-refractivity contribution < 1.29 is 24.2 Å². The molecular formula is C26H35N3O5. The van der Waals surface area contributed by atoms with Crippen LogP contribution in [0.2, 0.25) is 0 Å². The third-order valence-corrected chi connectivity index (χ3v) is 7.89. The Balaban J connectivity index is 1.91. The van der Waals surface area contributed by atoms with Crippen LogP contribution < -0.4 is 10.5 Å². The first-order chi connectivity index (χ1) is 16.1. The fraction of sp³-hybridized carbons (Fsp3) is 0.538. The molecule has 3 unspecified atom stereocenters. The number of phenolic OH excluding ortho intramolecular Hbond substituents is 1. The van der Waals surface area contributed by atoms with E-state index in [4.69, 9.17) is 15.2 Å². The highest BCUT2D eigenvalue weighted by atomic mass is 16.5. The number of nitrogens with zero attached hydrogens (tertiary/aromatic N) is 2. The van der Waals surface area contributed by atoms with Gasteiger partial charge in [-0.3, -0.25) is 19.4 Å². The average molecular weight is 470 g/mol. The highest BCUT2D eigenvalue weighted by Crippen LogP contribution is 2.49. The van der Waals surface area contributed by atoms with Crippen molar-refractivity contribution in [2.45, 2.75) is 58.3 Å². The lowest BCUT2D eigenvalue weighted by Gasteiger charge is -2.55. The van der Waals surface area contributed by atoms with E-state index < -0.39 is 6.04 Å². The minimum Gasteiger partial charge on any atom is -0.504 e. The lowest BCUT2D eigenvalue weighted by Crippen LogP contribution is -2.64. The van der Waals surface area contributed by atoms with Crippen molar-refractivity contribution in [2.24, 2.45) is 5.73 Å². The molecule has 1 aromatic carbocycles. The van der Waals surface area contributed by atoms with Gasteiger partial charge in [0.15, 0.2) is 23.0 Å². The lowest BCUT2D eigenvalue weighted by molar-refractivity contribution is -0.121. The highest BCUT2D eigenvalue weighted by Gasteiger charge is 2.51. The maximum absolute atomic E-state index is 13.4. The summed E-state index contributed by atoms with van der Waals surface area (Å²) in [6.07, 6.45) is 0.390. The summed E-state index contributed by atoms with van der Waals surface area (Å²) in [7, 11) is 5.02. The van der Waals surface area contributed by atoms with E-state index in [0.717, 1.165) is 16.7 Å². The van der Waals surface area contributed by atoms with Crippen LogP contribution >= 0.6 is 0 Å². The Bertz CT molecular complexity index is 1120. The molecule has 1 aromatic rings. The molecule has 3 aliphatic rings. The first-order valence-electron chi connectivity index (χ1n) is 11.7. The smallest absolute Gasteiger partial charge is 0.225 e. The van der Waals surface area contributed by atoms with Crippen molar-refractivity contribution in [1.82, 2.24) is 9.80 Å². The van der Waals surface area contributed by atoms with Crippen molar-refractivity contribution in [3.05, 3.63) is 45.2 Å². The van der Waals surface area contributed by atoms with E-state index in [1.165, 1.54) is 7.11 Å². The largest absolute Gasteiger partial charge is 0.504 e. The van der Waals surface area contributed by atoms with Crippen molar-refractivity contribution in [2.75, 3.05) is 34.4 Å². The number of fused-ring (bicyclic) bond motifs is 1. The monoisotopic (exact) mass is 469 g/mol. The molecule has 184 valence electrons. The molecule has 8 nitrogen and oxygen atoms in total. The van der Waals surface area contributed by atoms with Gasteiger partial charge in [-0.2, -0.15) is 0 Å². The van der Waals surface area contributed by atoms with Crippen LogP contribution in [0.15, 0.2) is 28.5 Å². The number of rotatable bonds is 4. The van der Waals surface area contributed by atoms with Gasteiger partial charge < -0.3 is 20.3 Å². The molecule has 0 bridgehead atoms. The summed E-state index contributed by atoms with van der Waals surface area (Å²) in [6, 6.07) is 1.36. The number of ether oxygens (including phenoxy) is 2. The van der Waals surface area contributed by atoms with E-state index >= 15 is 0 Å². The van der Waals surface area contributed by atoms with Gasteiger partial charge in [-0.15, -0.1) is 0 Å². The van der Waals surface area contributed by atoms with Gasteiger partial charge in [0.2, 0.25) is 5.78 Å². The predicted octanol–water partition coefficient (Wildman–Crippen LogP) is 2.16. The molecule has 4 rings (SSSR count). The van der Waals surface area contributed by atoms with E-state index in [1.54, 1.807) is 14.0 Å². The third-order valence-electron chi connectivity index (χ3n) is 7.89. The molecule has 0 amide bonds. The molecule has 2 heterocycles. The maximum Gasteiger partial charge on any atom is 0.225 e. The Morgan fingerprint density at radius 3 is 2.38 bits per heavy atom. The van der Waals surface area contributed by atoms with E-state index in [2.05, 4.69) is 16.7 Å². The van der Waals surface area contributed by atoms with E-state index in [-0.39, 0.29) is 47.7 Å². The number of methoxy groups -OCH3 is 2. The number of nitrogens with two attached hydrogens (primary N) is 1. The van der Waals surface area contributed by atoms with Crippen LogP contribution in [0.1, 0.15) is 43.0 Å². The first-order valence-corrected chi connectivity index (χ1v) is 11.7. The van der Waals surface area contributed by atoms with Crippen LogP contribution in [0.4, 0.5) is 0 Å². The molecule has 2 aliphatic heterocycles. The molecule has 4 atom stereocenters. The number of carbonyl (C=O) groups excluding carboxylic acids is 2. The number of carbonyl (C=O) groups is 2. The van der Waals surface area contributed by atoms with Gasteiger partial charge in [0.25, 0.3) is 0 Å². The molecule has 1 aliphatic carbocycles. The number of hydrogen-bond donors (Lipinski definition) is 2. The molecule has 0 spiro atoms. The predicted molar refractivity (Wildman–Crippen MR) is 129 cm³/mol. The van der Waals surface area contributed by atoms with Crippen LogP contribution in [0.25, 0.3) is 0 Å². The van der Waals surface area contributed by atoms with E-state index in [0.29, 0.717) is 35.4 Å². The van der Waals surface area contributed by atoms with E-state index in [9.17, 15) is 14.7 Å². The standard InChI is InChI=1S/C26H35N3O5/c1-12-8-13(2)25(33-6)23(31)19(12)21-17-9-16-20(24(32)26(34-7)15(4)22(16)30)18(10-27)29(17)11-14(3)28(21)5/h8,14,17-18,21,31H,9-11,27H2,1-7H3/t14?,17?,18?,21-/m0/s1. The Hall–Kier alpha value is -2.68. The second-order valence-electron chi connectivity index (χ2n) is 9.69. The van der Waals surface area contributed by atoms with Gasteiger partial charge in [0, 0.05) is 47.5 Å². The summed E-state index contributed by atoms with van der Waals surface area (Å²) in [4.78, 5) is 31.3. The minimum absolute atomic E-state index is 0.108. The van der Waals surface area contributed by atoms with Crippen molar-refractivity contribution >= 4 is 11.6 Å². The summed E-state index contributed by atoms with van der Waals surface area (Å²) in [6.45, 7) is 8.55. The number of aryl methyl sites for hydroxylation is 2. The zero-order chi connectivity index (χ0) is 25.1. The number of allylic oxidation sites excluding steroid dienone is 2. The van der Waals surface area contributed by atoms with E-state index in [1.807, 2.05) is 27.0 Å². The minimum atomic E-state index is -0.406. The summed E-state index contributed by atoms with van der Waals surface area (Å²) in [5, 5.41) is 11.3. The molecule has 3 N–H and O–H groups in total. The quantitative estimate of drug-likeness (QED) is 0.647. The van der Waals surface area contributed by atoms with Crippen molar-refractivity contribution in [3.63, 3.8) is 0 Å². The van der Waals surface area contributed by atoms with Gasteiger partial charge in [-0.05, 0) is 52.3 Å². The molecule has 0 radical (unpaired) electrons. The molecule has 34 heavy (non-hydrogen) atoms. The average Bonchev–Trinajstić information content (AvgIpc) is 2.79. The Morgan fingerprint density at radius 2 is 1.79 bits per heavy atom. The number of Topliss-reactive ketones (excluding diaryl/α,β-unsaturated/α-hetero) is 2. The zero-order valence-electron chi connectivity index (χ0n) is 21.1. The lowest BCUT2D eigenvalue weighted by atomic mass is 9.74. The highest BCUT2D eigenvalue weighted by molar-refractivity contribution is 6.25. The van der Waals surface area contributed by atoms with Crippen LogP contribution in [-0.2, 0) is 14.3 Å². The molecule has 1 fully saturated rings. The normalized spacial score (nSPS) is 28.2. The second-order valence-corrected chi connectivity index (χ2v) is 9.69. The molecule has 1 saturated heterocycles. The number of benzene rings is 1. The summed E-state index contributed by atoms with van der Waals surface area (Å²) >= 11 is 0. The fourth-order valence-electron chi connectivity index (χ4n) is 6.18. The zero-order valence-corrected chi connectivity index (χ0v) is 21.1. The Kier molecular flexibility index (Phi) is 6.35.